The van der Waals surface area contributed by atoms with Gasteiger partial charge in [-0.1, -0.05) is 42.5 Å². The van der Waals surface area contributed by atoms with E-state index in [-0.39, 0.29) is 22.6 Å². The lowest BCUT2D eigenvalue weighted by Crippen LogP contribution is -2.35. The molecule has 1 N–H and O–H groups in total. The van der Waals surface area contributed by atoms with E-state index in [0.29, 0.717) is 18.7 Å². The van der Waals surface area contributed by atoms with Gasteiger partial charge in [-0.05, 0) is 79.1 Å². The van der Waals surface area contributed by atoms with Gasteiger partial charge in [-0.3, -0.25) is 9.10 Å². The van der Waals surface area contributed by atoms with Crippen LogP contribution in [-0.4, -0.2) is 20.9 Å². The monoisotopic (exact) mass is 485 g/mol. The number of benzene rings is 3. The molecule has 1 amide bonds. The highest BCUT2D eigenvalue weighted by Gasteiger charge is 2.44. The Morgan fingerprint density at radius 3 is 2.40 bits per heavy atom. The molecule has 1 aliphatic heterocycles. The summed E-state index contributed by atoms with van der Waals surface area (Å²) in [6.45, 7) is 0.472. The lowest BCUT2D eigenvalue weighted by molar-refractivity contribution is -0.116. The number of aryl methyl sites for hydroxylation is 2. The van der Waals surface area contributed by atoms with Crippen LogP contribution in [0.2, 0.25) is 0 Å². The van der Waals surface area contributed by atoms with E-state index in [1.165, 1.54) is 4.31 Å². The van der Waals surface area contributed by atoms with Crippen LogP contribution in [-0.2, 0) is 33.1 Å². The number of carbonyl (C=O) groups excluding carboxylic acids is 1. The summed E-state index contributed by atoms with van der Waals surface area (Å²) in [5.41, 5.74) is 4.08. The summed E-state index contributed by atoms with van der Waals surface area (Å²) < 4.78 is 28.1. The molecule has 1 saturated carbocycles. The number of nitriles is 1. The van der Waals surface area contributed by atoms with Crippen molar-refractivity contribution in [2.24, 2.45) is 0 Å². The lowest BCUT2D eigenvalue weighted by Gasteiger charge is -2.30. The van der Waals surface area contributed by atoms with Gasteiger partial charge in [0, 0.05) is 18.7 Å². The van der Waals surface area contributed by atoms with Crippen molar-refractivity contribution in [3.8, 4) is 6.07 Å². The number of anilines is 2. The fourth-order valence-corrected chi connectivity index (χ4v) is 6.19. The second kappa shape index (κ2) is 9.20. The first-order valence-electron chi connectivity index (χ1n) is 11.9. The Kier molecular flexibility index (Phi) is 6.08. The Morgan fingerprint density at radius 2 is 1.71 bits per heavy atom. The molecular formula is C28H27N3O3S. The minimum absolute atomic E-state index is 0.110. The van der Waals surface area contributed by atoms with E-state index in [1.807, 2.05) is 48.5 Å². The largest absolute Gasteiger partial charge is 0.326 e. The Bertz CT molecular complexity index is 1390. The maximum Gasteiger partial charge on any atom is 0.264 e. The standard InChI is InChI=1S/C28H27N3O3S/c29-20-28(17-18-28)23-10-12-24(13-11-23)30-27(32)16-9-21-7-14-25(15-8-21)35(33,34)31-19-3-5-22-4-1-2-6-26(22)31/h1-2,4,6-8,10-15H,3,5,9,16-19H2,(H,30,32). The van der Waals surface area contributed by atoms with E-state index in [2.05, 4.69) is 11.4 Å². The number of rotatable bonds is 7. The molecule has 0 atom stereocenters. The Morgan fingerprint density at radius 1 is 1.00 bits per heavy atom. The molecule has 3 aromatic carbocycles. The van der Waals surface area contributed by atoms with Crippen molar-refractivity contribution in [1.29, 1.82) is 5.26 Å². The number of hydrogen-bond donors (Lipinski definition) is 1. The van der Waals surface area contributed by atoms with Gasteiger partial charge in [-0.25, -0.2) is 8.42 Å². The minimum atomic E-state index is -3.64. The summed E-state index contributed by atoms with van der Waals surface area (Å²) in [6, 6.07) is 24.3. The zero-order valence-electron chi connectivity index (χ0n) is 19.4. The zero-order chi connectivity index (χ0) is 24.5. The number of sulfonamides is 1. The van der Waals surface area contributed by atoms with Gasteiger partial charge in [0.15, 0.2) is 0 Å². The first-order chi connectivity index (χ1) is 16.9. The van der Waals surface area contributed by atoms with Gasteiger partial charge in [0.25, 0.3) is 10.0 Å². The normalized spacial score (nSPS) is 16.1. The van der Waals surface area contributed by atoms with Crippen LogP contribution in [0.5, 0.6) is 0 Å². The average molecular weight is 486 g/mol. The van der Waals surface area contributed by atoms with Crippen LogP contribution in [0.3, 0.4) is 0 Å². The maximum absolute atomic E-state index is 13.3. The summed E-state index contributed by atoms with van der Waals surface area (Å²) in [6.07, 6.45) is 4.25. The average Bonchev–Trinajstić information content (AvgIpc) is 3.69. The summed E-state index contributed by atoms with van der Waals surface area (Å²) in [5, 5.41) is 12.2. The van der Waals surface area contributed by atoms with E-state index in [0.717, 1.165) is 48.1 Å². The Hall–Kier alpha value is -3.63. The van der Waals surface area contributed by atoms with E-state index in [1.54, 1.807) is 24.3 Å². The molecule has 6 nitrogen and oxygen atoms in total. The van der Waals surface area contributed by atoms with Crippen LogP contribution in [0, 0.1) is 11.3 Å². The van der Waals surface area contributed by atoms with Crippen LogP contribution in [0.25, 0.3) is 0 Å². The molecule has 0 spiro atoms. The highest BCUT2D eigenvalue weighted by Crippen LogP contribution is 2.47. The maximum atomic E-state index is 13.3. The van der Waals surface area contributed by atoms with Gasteiger partial charge in [-0.2, -0.15) is 5.26 Å². The minimum Gasteiger partial charge on any atom is -0.326 e. The van der Waals surface area contributed by atoms with Crippen LogP contribution in [0.4, 0.5) is 11.4 Å². The Labute approximate surface area is 206 Å². The fourth-order valence-electron chi connectivity index (χ4n) is 4.65. The highest BCUT2D eigenvalue weighted by atomic mass is 32.2. The molecule has 35 heavy (non-hydrogen) atoms. The molecule has 0 radical (unpaired) electrons. The van der Waals surface area contributed by atoms with Gasteiger partial charge in [-0.15, -0.1) is 0 Å². The van der Waals surface area contributed by atoms with E-state index < -0.39 is 10.0 Å². The number of nitrogens with one attached hydrogen (secondary N) is 1. The van der Waals surface area contributed by atoms with Gasteiger partial charge in [0.1, 0.15) is 0 Å². The topological polar surface area (TPSA) is 90.3 Å². The molecule has 1 aliphatic carbocycles. The van der Waals surface area contributed by atoms with Crippen molar-refractivity contribution in [3.63, 3.8) is 0 Å². The van der Waals surface area contributed by atoms with Gasteiger partial charge in [0.05, 0.1) is 22.1 Å². The molecule has 7 heteroatoms. The highest BCUT2D eigenvalue weighted by molar-refractivity contribution is 7.92. The van der Waals surface area contributed by atoms with Crippen molar-refractivity contribution in [2.75, 3.05) is 16.2 Å². The first-order valence-corrected chi connectivity index (χ1v) is 13.4. The molecule has 2 aliphatic rings. The number of nitrogens with zero attached hydrogens (tertiary/aromatic N) is 2. The van der Waals surface area contributed by atoms with Crippen LogP contribution >= 0.6 is 0 Å². The molecule has 3 aromatic rings. The summed E-state index contributed by atoms with van der Waals surface area (Å²) >= 11 is 0. The molecule has 5 rings (SSSR count). The summed E-state index contributed by atoms with van der Waals surface area (Å²) in [7, 11) is -3.64. The molecule has 0 unspecified atom stereocenters. The number of amides is 1. The van der Waals surface area contributed by atoms with E-state index >= 15 is 0 Å². The number of fused-ring (bicyclic) bond motifs is 1. The van der Waals surface area contributed by atoms with Gasteiger partial charge < -0.3 is 5.32 Å². The third-order valence-electron chi connectivity index (χ3n) is 6.90. The quantitative estimate of drug-likeness (QED) is 0.512. The molecule has 1 heterocycles. The van der Waals surface area contributed by atoms with Crippen molar-refractivity contribution in [3.05, 3.63) is 89.5 Å². The third kappa shape index (κ3) is 4.67. The van der Waals surface area contributed by atoms with Crippen molar-refractivity contribution in [2.45, 2.75) is 48.8 Å². The Balaban J connectivity index is 1.19. The molecular weight excluding hydrogens is 458 g/mol. The second-order valence-corrected chi connectivity index (χ2v) is 11.1. The molecule has 178 valence electrons. The predicted octanol–water partition coefficient (Wildman–Crippen LogP) is 4.95. The van der Waals surface area contributed by atoms with E-state index in [4.69, 9.17) is 0 Å². The first kappa shape index (κ1) is 23.1. The SMILES string of the molecule is N#CC1(c2ccc(NC(=O)CCc3ccc(S(=O)(=O)N4CCCc5ccccc54)cc3)cc2)CC1. The van der Waals surface area contributed by atoms with Crippen molar-refractivity contribution in [1.82, 2.24) is 0 Å². The van der Waals surface area contributed by atoms with Crippen molar-refractivity contribution >= 4 is 27.3 Å². The molecule has 0 aromatic heterocycles. The van der Waals surface area contributed by atoms with Gasteiger partial charge in [0.2, 0.25) is 5.91 Å². The zero-order valence-corrected chi connectivity index (χ0v) is 20.2. The molecule has 1 fully saturated rings. The summed E-state index contributed by atoms with van der Waals surface area (Å²) in [4.78, 5) is 12.7. The number of carbonyl (C=O) groups is 1. The lowest BCUT2D eigenvalue weighted by atomic mass is 9.98. The number of para-hydroxylation sites is 1. The second-order valence-electron chi connectivity index (χ2n) is 9.27. The predicted molar refractivity (Wildman–Crippen MR) is 136 cm³/mol. The van der Waals surface area contributed by atoms with Crippen LogP contribution in [0.15, 0.2) is 77.7 Å². The van der Waals surface area contributed by atoms with E-state index in [9.17, 15) is 18.5 Å². The summed E-state index contributed by atoms with van der Waals surface area (Å²) in [5.74, 6) is -0.110. The van der Waals surface area contributed by atoms with Crippen LogP contribution in [0.1, 0.15) is 42.4 Å². The molecule has 0 saturated heterocycles. The fraction of sp³-hybridized carbons (Fsp3) is 0.286. The van der Waals surface area contributed by atoms with Crippen LogP contribution < -0.4 is 9.62 Å². The molecule has 0 bridgehead atoms. The third-order valence-corrected chi connectivity index (χ3v) is 8.73. The van der Waals surface area contributed by atoms with Gasteiger partial charge >= 0.3 is 0 Å². The number of hydrogen-bond acceptors (Lipinski definition) is 4. The van der Waals surface area contributed by atoms with Crippen molar-refractivity contribution < 1.29 is 13.2 Å². The smallest absolute Gasteiger partial charge is 0.264 e.